The zero-order chi connectivity index (χ0) is 22.3. The molecule has 2 N–H and O–H groups in total. The Labute approximate surface area is 188 Å². The van der Waals surface area contributed by atoms with Crippen LogP contribution in [0.3, 0.4) is 0 Å². The average molecular weight is 450 g/mol. The highest BCUT2D eigenvalue weighted by Crippen LogP contribution is 2.35. The molecule has 1 fully saturated rings. The van der Waals surface area contributed by atoms with Crippen molar-refractivity contribution in [1.82, 2.24) is 4.31 Å². The molecule has 6 nitrogen and oxygen atoms in total. The second kappa shape index (κ2) is 8.22. The molecule has 1 heterocycles. The molecule has 1 amide bonds. The second-order valence-electron chi connectivity index (χ2n) is 8.60. The van der Waals surface area contributed by atoms with E-state index < -0.39 is 16.1 Å². The van der Waals surface area contributed by atoms with Gasteiger partial charge in [0.05, 0.1) is 4.90 Å². The van der Waals surface area contributed by atoms with E-state index in [1.165, 1.54) is 20.8 Å². The van der Waals surface area contributed by atoms with Crippen LogP contribution in [0.1, 0.15) is 30.9 Å². The third-order valence-electron chi connectivity index (χ3n) is 6.47. The molecule has 0 radical (unpaired) electrons. The Hall–Kier alpha value is -2.90. The zero-order valence-electron chi connectivity index (χ0n) is 18.1. The van der Waals surface area contributed by atoms with Gasteiger partial charge in [0.15, 0.2) is 0 Å². The van der Waals surface area contributed by atoms with Gasteiger partial charge in [-0.05, 0) is 79.5 Å². The normalized spacial score (nSPS) is 16.9. The van der Waals surface area contributed by atoms with E-state index in [2.05, 4.69) is 41.0 Å². The minimum Gasteiger partial charge on any atom is -0.373 e. The molecule has 0 spiro atoms. The Morgan fingerprint density at radius 2 is 1.62 bits per heavy atom. The van der Waals surface area contributed by atoms with Crippen LogP contribution in [0, 0.1) is 0 Å². The number of rotatable bonds is 6. The monoisotopic (exact) mass is 449 g/mol. The fourth-order valence-electron chi connectivity index (χ4n) is 4.71. The summed E-state index contributed by atoms with van der Waals surface area (Å²) in [7, 11) is -3.46. The van der Waals surface area contributed by atoms with Gasteiger partial charge in [0, 0.05) is 29.9 Å². The van der Waals surface area contributed by atoms with Gasteiger partial charge in [0.2, 0.25) is 15.9 Å². The number of carbonyl (C=O) groups is 1. The number of benzene rings is 3. The number of amides is 1. The molecule has 166 valence electrons. The van der Waals surface area contributed by atoms with Gasteiger partial charge >= 0.3 is 0 Å². The summed E-state index contributed by atoms with van der Waals surface area (Å²) < 4.78 is 26.9. The number of aryl methyl sites for hydroxylation is 2. The van der Waals surface area contributed by atoms with E-state index in [1.54, 1.807) is 24.3 Å². The Kier molecular flexibility index (Phi) is 5.39. The summed E-state index contributed by atoms with van der Waals surface area (Å²) in [4.78, 5) is 13.1. The highest BCUT2D eigenvalue weighted by atomic mass is 32.2. The van der Waals surface area contributed by atoms with Crippen molar-refractivity contribution in [3.8, 4) is 0 Å². The molecule has 0 aromatic heterocycles. The average Bonchev–Trinajstić information content (AvgIpc) is 3.48. The van der Waals surface area contributed by atoms with Gasteiger partial charge in [-0.1, -0.05) is 24.3 Å². The summed E-state index contributed by atoms with van der Waals surface area (Å²) in [6, 6.07) is 16.5. The number of hydrogen-bond donors (Lipinski definition) is 2. The summed E-state index contributed by atoms with van der Waals surface area (Å²) in [6.45, 7) is 2.97. The third kappa shape index (κ3) is 3.76. The lowest BCUT2D eigenvalue weighted by Gasteiger charge is -2.18. The lowest BCUT2D eigenvalue weighted by atomic mass is 10.0. The third-order valence-corrected chi connectivity index (χ3v) is 8.38. The molecule has 1 unspecified atom stereocenters. The zero-order valence-corrected chi connectivity index (χ0v) is 18.9. The minimum atomic E-state index is -3.46. The molecule has 3 aromatic carbocycles. The van der Waals surface area contributed by atoms with Crippen LogP contribution in [0.15, 0.2) is 59.5 Å². The lowest BCUT2D eigenvalue weighted by molar-refractivity contribution is -0.116. The first-order chi connectivity index (χ1) is 15.4. The molecule has 1 saturated heterocycles. The SMILES string of the molecule is CC(Nc1ccc2c3c(cccc13)CC2)C(=O)Nc1ccc(S(=O)(=O)N2CCCC2)cc1. The number of anilines is 2. The number of hydrogen-bond acceptors (Lipinski definition) is 4. The Morgan fingerprint density at radius 3 is 2.34 bits per heavy atom. The van der Waals surface area contributed by atoms with Crippen molar-refractivity contribution in [2.75, 3.05) is 23.7 Å². The van der Waals surface area contributed by atoms with Gasteiger partial charge in [-0.3, -0.25) is 4.79 Å². The van der Waals surface area contributed by atoms with Crippen molar-refractivity contribution in [2.24, 2.45) is 0 Å². The summed E-state index contributed by atoms with van der Waals surface area (Å²) in [6.07, 6.45) is 3.93. The van der Waals surface area contributed by atoms with Crippen LogP contribution in [-0.4, -0.2) is 37.8 Å². The molecule has 32 heavy (non-hydrogen) atoms. The maximum Gasteiger partial charge on any atom is 0.246 e. The van der Waals surface area contributed by atoms with Crippen LogP contribution < -0.4 is 10.6 Å². The molecule has 2 aliphatic rings. The maximum atomic E-state index is 12.8. The predicted octanol–water partition coefficient (Wildman–Crippen LogP) is 4.16. The van der Waals surface area contributed by atoms with Gasteiger partial charge in [-0.25, -0.2) is 8.42 Å². The van der Waals surface area contributed by atoms with E-state index in [-0.39, 0.29) is 10.8 Å². The van der Waals surface area contributed by atoms with Crippen molar-refractivity contribution in [3.63, 3.8) is 0 Å². The van der Waals surface area contributed by atoms with Crippen molar-refractivity contribution in [1.29, 1.82) is 0 Å². The number of nitrogens with zero attached hydrogens (tertiary/aromatic N) is 1. The summed E-state index contributed by atoms with van der Waals surface area (Å²) in [5, 5.41) is 8.68. The van der Waals surface area contributed by atoms with E-state index in [4.69, 9.17) is 0 Å². The second-order valence-corrected chi connectivity index (χ2v) is 10.5. The standard InChI is InChI=1S/C25H27N3O3S/c1-17(26-23-14-9-19-8-7-18-5-4-6-22(23)24(18)19)25(29)27-20-10-12-21(13-11-20)32(30,31)28-15-2-3-16-28/h4-6,9-14,17,26H,2-3,7-8,15-16H2,1H3,(H,27,29). The highest BCUT2D eigenvalue weighted by molar-refractivity contribution is 7.89. The van der Waals surface area contributed by atoms with E-state index in [0.29, 0.717) is 18.8 Å². The molecular weight excluding hydrogens is 422 g/mol. The van der Waals surface area contributed by atoms with Crippen molar-refractivity contribution in [3.05, 3.63) is 65.7 Å². The highest BCUT2D eigenvalue weighted by Gasteiger charge is 2.27. The Morgan fingerprint density at radius 1 is 0.938 bits per heavy atom. The predicted molar refractivity (Wildman–Crippen MR) is 128 cm³/mol. The van der Waals surface area contributed by atoms with Gasteiger partial charge in [0.1, 0.15) is 6.04 Å². The Bertz CT molecular complexity index is 1270. The van der Waals surface area contributed by atoms with Crippen LogP contribution in [0.2, 0.25) is 0 Å². The van der Waals surface area contributed by atoms with Gasteiger partial charge in [0.25, 0.3) is 0 Å². The van der Waals surface area contributed by atoms with Crippen LogP contribution in [0.4, 0.5) is 11.4 Å². The first-order valence-electron chi connectivity index (χ1n) is 11.1. The number of nitrogens with one attached hydrogen (secondary N) is 2. The molecule has 3 aromatic rings. The molecule has 0 saturated carbocycles. The molecule has 5 rings (SSSR count). The van der Waals surface area contributed by atoms with Crippen LogP contribution in [-0.2, 0) is 27.7 Å². The topological polar surface area (TPSA) is 78.5 Å². The van der Waals surface area contributed by atoms with Gasteiger partial charge in [-0.2, -0.15) is 4.31 Å². The van der Waals surface area contributed by atoms with Crippen LogP contribution >= 0.6 is 0 Å². The fraction of sp³-hybridized carbons (Fsp3) is 0.320. The number of sulfonamides is 1. The first kappa shape index (κ1) is 21.0. The van der Waals surface area contributed by atoms with Crippen LogP contribution in [0.5, 0.6) is 0 Å². The maximum absolute atomic E-state index is 12.8. The molecule has 1 aliphatic heterocycles. The fourth-order valence-corrected chi connectivity index (χ4v) is 6.23. The molecule has 1 aliphatic carbocycles. The quantitative estimate of drug-likeness (QED) is 0.592. The van der Waals surface area contributed by atoms with E-state index in [1.807, 2.05) is 6.92 Å². The summed E-state index contributed by atoms with van der Waals surface area (Å²) in [5.41, 5.74) is 4.25. The summed E-state index contributed by atoms with van der Waals surface area (Å²) >= 11 is 0. The first-order valence-corrected chi connectivity index (χ1v) is 12.6. The number of carbonyl (C=O) groups excluding carboxylic acids is 1. The molecule has 0 bridgehead atoms. The molecule has 1 atom stereocenters. The van der Waals surface area contributed by atoms with E-state index >= 15 is 0 Å². The van der Waals surface area contributed by atoms with Gasteiger partial charge < -0.3 is 10.6 Å². The van der Waals surface area contributed by atoms with E-state index in [0.717, 1.165) is 36.8 Å². The lowest BCUT2D eigenvalue weighted by Crippen LogP contribution is -2.32. The van der Waals surface area contributed by atoms with Crippen molar-refractivity contribution in [2.45, 2.75) is 43.5 Å². The van der Waals surface area contributed by atoms with Crippen molar-refractivity contribution >= 4 is 38.1 Å². The van der Waals surface area contributed by atoms with Gasteiger partial charge in [-0.15, -0.1) is 0 Å². The molecular formula is C25H27N3O3S. The minimum absolute atomic E-state index is 0.177. The van der Waals surface area contributed by atoms with Crippen LogP contribution in [0.25, 0.3) is 10.8 Å². The smallest absolute Gasteiger partial charge is 0.246 e. The van der Waals surface area contributed by atoms with Crippen molar-refractivity contribution < 1.29 is 13.2 Å². The molecule has 7 heteroatoms. The van der Waals surface area contributed by atoms with E-state index in [9.17, 15) is 13.2 Å². The summed E-state index contributed by atoms with van der Waals surface area (Å²) in [5.74, 6) is -0.177. The largest absolute Gasteiger partial charge is 0.373 e. The Balaban J connectivity index is 1.28.